The van der Waals surface area contributed by atoms with E-state index < -0.39 is 18.1 Å². The minimum Gasteiger partial charge on any atom is -0.461 e. The van der Waals surface area contributed by atoms with Crippen LogP contribution in [0, 0.1) is 29.6 Å². The van der Waals surface area contributed by atoms with Gasteiger partial charge in [-0.25, -0.2) is 0 Å². The van der Waals surface area contributed by atoms with Gasteiger partial charge in [0.25, 0.3) is 0 Å². The van der Waals surface area contributed by atoms with Crippen molar-refractivity contribution in [1.82, 2.24) is 0 Å². The van der Waals surface area contributed by atoms with Gasteiger partial charge in [-0.3, -0.25) is 9.59 Å². The van der Waals surface area contributed by atoms with Crippen LogP contribution in [0.1, 0.15) is 66.2 Å². The topological polar surface area (TPSA) is 110 Å². The highest BCUT2D eigenvalue weighted by Gasteiger charge is 2.41. The van der Waals surface area contributed by atoms with Gasteiger partial charge in [-0.1, -0.05) is 45.9 Å². The molecule has 170 valence electrons. The summed E-state index contributed by atoms with van der Waals surface area (Å²) < 4.78 is 6.01. The fourth-order valence-corrected chi connectivity index (χ4v) is 4.79. The Bertz CT molecular complexity index is 658. The van der Waals surface area contributed by atoms with E-state index in [4.69, 9.17) is 10.5 Å². The van der Waals surface area contributed by atoms with Gasteiger partial charge in [-0.2, -0.15) is 0 Å². The number of rotatable bonds is 10. The fraction of sp³-hybridized carbons (Fsp3) is 0.750. The maximum atomic E-state index is 12.5. The first-order chi connectivity index (χ1) is 14.1. The van der Waals surface area contributed by atoms with E-state index >= 15 is 0 Å². The van der Waals surface area contributed by atoms with E-state index in [9.17, 15) is 19.8 Å². The number of primary amides is 1. The lowest BCUT2D eigenvalue weighted by Crippen LogP contribution is -2.41. The summed E-state index contributed by atoms with van der Waals surface area (Å²) in [6, 6.07) is 0. The van der Waals surface area contributed by atoms with E-state index in [-0.39, 0.29) is 42.7 Å². The standard InChI is InChI=1S/C24H39NO5/c1-5-15(3)24(29)30-21-11-14(2)10-17-7-6-16(4)20(23(17)21)9-8-18(26)12-19(27)13-22(25)28/h6-7,10,14-16,18-21,23,26-27H,5,8-9,11-13H2,1-4H3,(H2,25,28)/t14-,15-,16-,18+,19+,20-,21-,23-/m0/s1. The molecule has 0 bridgehead atoms. The van der Waals surface area contributed by atoms with Crippen molar-refractivity contribution in [3.63, 3.8) is 0 Å². The summed E-state index contributed by atoms with van der Waals surface area (Å²) in [7, 11) is 0. The highest BCUT2D eigenvalue weighted by Crippen LogP contribution is 2.45. The molecule has 2 aliphatic carbocycles. The summed E-state index contributed by atoms with van der Waals surface area (Å²) in [5, 5.41) is 20.2. The van der Waals surface area contributed by atoms with Crippen LogP contribution in [-0.4, -0.2) is 40.4 Å². The number of carbonyl (C=O) groups excluding carboxylic acids is 2. The van der Waals surface area contributed by atoms with Crippen LogP contribution in [0.2, 0.25) is 0 Å². The quantitative estimate of drug-likeness (QED) is 0.470. The van der Waals surface area contributed by atoms with Gasteiger partial charge >= 0.3 is 5.97 Å². The Hall–Kier alpha value is -1.66. The molecule has 0 saturated carbocycles. The summed E-state index contributed by atoms with van der Waals surface area (Å²) in [6.45, 7) is 8.21. The first-order valence-electron chi connectivity index (χ1n) is 11.4. The predicted molar refractivity (Wildman–Crippen MR) is 116 cm³/mol. The van der Waals surface area contributed by atoms with Crippen LogP contribution >= 0.6 is 0 Å². The number of nitrogens with two attached hydrogens (primary N) is 1. The third kappa shape index (κ3) is 6.67. The zero-order valence-electron chi connectivity index (χ0n) is 18.8. The van der Waals surface area contributed by atoms with Gasteiger partial charge in [-0.15, -0.1) is 0 Å². The molecule has 0 aromatic carbocycles. The molecule has 4 N–H and O–H groups in total. The monoisotopic (exact) mass is 421 g/mol. The van der Waals surface area contributed by atoms with E-state index in [0.717, 1.165) is 19.3 Å². The molecule has 8 atom stereocenters. The lowest BCUT2D eigenvalue weighted by atomic mass is 9.65. The van der Waals surface area contributed by atoms with Gasteiger partial charge in [0.05, 0.1) is 24.5 Å². The molecule has 2 rings (SSSR count). The molecule has 0 radical (unpaired) electrons. The van der Waals surface area contributed by atoms with Gasteiger partial charge in [0.1, 0.15) is 6.10 Å². The van der Waals surface area contributed by atoms with Crippen molar-refractivity contribution >= 4 is 11.9 Å². The van der Waals surface area contributed by atoms with Crippen LogP contribution in [-0.2, 0) is 14.3 Å². The number of esters is 1. The molecule has 1 amide bonds. The Kier molecular flexibility index (Phi) is 9.10. The molecule has 0 spiro atoms. The van der Waals surface area contributed by atoms with Crippen molar-refractivity contribution in [2.75, 3.05) is 0 Å². The van der Waals surface area contributed by atoms with Crippen molar-refractivity contribution in [2.45, 2.75) is 84.5 Å². The smallest absolute Gasteiger partial charge is 0.308 e. The molecular weight excluding hydrogens is 382 g/mol. The molecule has 2 aliphatic rings. The molecule has 30 heavy (non-hydrogen) atoms. The largest absolute Gasteiger partial charge is 0.461 e. The van der Waals surface area contributed by atoms with Crippen molar-refractivity contribution < 1.29 is 24.5 Å². The number of hydrogen-bond donors (Lipinski definition) is 3. The molecular formula is C24H39NO5. The number of aliphatic hydroxyl groups is 2. The van der Waals surface area contributed by atoms with Gasteiger partial charge in [0.2, 0.25) is 5.91 Å². The number of hydrogen-bond acceptors (Lipinski definition) is 5. The predicted octanol–water partition coefficient (Wildman–Crippen LogP) is 3.12. The Labute approximate surface area is 180 Å². The second-order valence-corrected chi connectivity index (χ2v) is 9.36. The normalized spacial score (nSPS) is 31.3. The number of carbonyl (C=O) groups is 2. The van der Waals surface area contributed by atoms with E-state index in [1.54, 1.807) is 0 Å². The fourth-order valence-electron chi connectivity index (χ4n) is 4.79. The Morgan fingerprint density at radius 1 is 1.27 bits per heavy atom. The number of aliphatic hydroxyl groups excluding tert-OH is 2. The van der Waals surface area contributed by atoms with Gasteiger partial charge in [0, 0.05) is 5.92 Å². The van der Waals surface area contributed by atoms with Crippen molar-refractivity contribution in [1.29, 1.82) is 0 Å². The second-order valence-electron chi connectivity index (χ2n) is 9.36. The highest BCUT2D eigenvalue weighted by molar-refractivity contribution is 5.74. The van der Waals surface area contributed by atoms with Crippen molar-refractivity contribution in [2.24, 2.45) is 35.3 Å². The molecule has 0 saturated heterocycles. The molecule has 0 heterocycles. The van der Waals surface area contributed by atoms with Crippen molar-refractivity contribution in [3.8, 4) is 0 Å². The van der Waals surface area contributed by atoms with Crippen LogP contribution < -0.4 is 5.73 Å². The van der Waals surface area contributed by atoms with Gasteiger partial charge in [-0.05, 0) is 55.4 Å². The summed E-state index contributed by atoms with van der Waals surface area (Å²) in [4.78, 5) is 23.5. The van der Waals surface area contributed by atoms with Crippen LogP contribution in [0.5, 0.6) is 0 Å². The molecule has 0 fully saturated rings. The summed E-state index contributed by atoms with van der Waals surface area (Å²) >= 11 is 0. The average molecular weight is 422 g/mol. The van der Waals surface area contributed by atoms with Crippen LogP contribution in [0.3, 0.4) is 0 Å². The Morgan fingerprint density at radius 2 is 1.97 bits per heavy atom. The minimum atomic E-state index is -0.920. The SMILES string of the molecule is CC[C@H](C)C(=O)O[C@H]1C[C@@H](C)C=C2C=C[C@H](C)[C@H](CC[C@@H](O)C[C@@H](O)CC(N)=O)[C@H]21. The maximum absolute atomic E-state index is 12.5. The van der Waals surface area contributed by atoms with Crippen LogP contribution in [0.4, 0.5) is 0 Å². The molecule has 0 aliphatic heterocycles. The summed E-state index contributed by atoms with van der Waals surface area (Å²) in [5.41, 5.74) is 6.34. The van der Waals surface area contributed by atoms with E-state index in [2.05, 4.69) is 32.1 Å². The molecule has 0 unspecified atom stereocenters. The zero-order chi connectivity index (χ0) is 22.4. The number of amides is 1. The van der Waals surface area contributed by atoms with Gasteiger partial charge in [0.15, 0.2) is 0 Å². The van der Waals surface area contributed by atoms with E-state index in [1.807, 2.05) is 13.8 Å². The lowest BCUT2D eigenvalue weighted by molar-refractivity contribution is -0.158. The Morgan fingerprint density at radius 3 is 2.60 bits per heavy atom. The average Bonchev–Trinajstić information content (AvgIpc) is 2.65. The number of fused-ring (bicyclic) bond motifs is 1. The maximum Gasteiger partial charge on any atom is 0.308 e. The van der Waals surface area contributed by atoms with E-state index in [1.165, 1.54) is 5.57 Å². The summed E-state index contributed by atoms with van der Waals surface area (Å²) in [5.74, 6) is 0.193. The summed E-state index contributed by atoms with van der Waals surface area (Å²) in [6.07, 6.45) is 7.71. The van der Waals surface area contributed by atoms with E-state index in [0.29, 0.717) is 18.3 Å². The highest BCUT2D eigenvalue weighted by atomic mass is 16.5. The molecule has 0 aromatic heterocycles. The Balaban J connectivity index is 2.09. The molecule has 0 aromatic rings. The van der Waals surface area contributed by atoms with Crippen LogP contribution in [0.25, 0.3) is 0 Å². The minimum absolute atomic E-state index is 0.113. The third-order valence-electron chi connectivity index (χ3n) is 6.69. The molecule has 6 nitrogen and oxygen atoms in total. The van der Waals surface area contributed by atoms with Crippen molar-refractivity contribution in [3.05, 3.63) is 23.8 Å². The first kappa shape index (κ1) is 24.6. The third-order valence-corrected chi connectivity index (χ3v) is 6.69. The second kappa shape index (κ2) is 11.1. The van der Waals surface area contributed by atoms with Gasteiger partial charge < -0.3 is 20.7 Å². The first-order valence-corrected chi connectivity index (χ1v) is 11.4. The lowest BCUT2D eigenvalue weighted by Gasteiger charge is -2.43. The van der Waals surface area contributed by atoms with Crippen LogP contribution in [0.15, 0.2) is 23.8 Å². The molecule has 6 heteroatoms. The number of ether oxygens (including phenoxy) is 1. The number of allylic oxidation sites excluding steroid dienone is 3. The zero-order valence-corrected chi connectivity index (χ0v) is 18.8.